The molecule has 0 saturated carbocycles. The molecule has 1 aliphatic rings. The Morgan fingerprint density at radius 3 is 2.60 bits per heavy atom. The molecule has 1 aromatic rings. The second-order valence-corrected chi connectivity index (χ2v) is 4.33. The van der Waals surface area contributed by atoms with Crippen LogP contribution in [0.1, 0.15) is 24.7 Å². The predicted octanol–water partition coefficient (Wildman–Crippen LogP) is 1.05. The fraction of sp³-hybridized carbons (Fsp3) is 0.636. The first-order chi connectivity index (χ1) is 7.04. The second-order valence-electron chi connectivity index (χ2n) is 4.33. The molecule has 0 unspecified atom stereocenters. The quantitative estimate of drug-likeness (QED) is 0.787. The summed E-state index contributed by atoms with van der Waals surface area (Å²) in [6.45, 7) is 7.24. The van der Waals surface area contributed by atoms with Crippen LogP contribution in [-0.4, -0.2) is 33.8 Å². The number of hydrogen-bond donors (Lipinski definition) is 1. The number of hydrogen-bond acceptors (Lipinski definition) is 4. The topological polar surface area (TPSA) is 49.2 Å². The highest BCUT2D eigenvalue weighted by Crippen LogP contribution is 2.28. The lowest BCUT2D eigenvalue weighted by atomic mass is 9.91. The van der Waals surface area contributed by atoms with E-state index in [1.807, 2.05) is 20.8 Å². The number of rotatable bonds is 2. The van der Waals surface area contributed by atoms with Crippen LogP contribution in [0.25, 0.3) is 0 Å². The van der Waals surface area contributed by atoms with E-state index in [2.05, 4.69) is 14.9 Å². The fourth-order valence-corrected chi connectivity index (χ4v) is 1.73. The molecule has 4 nitrogen and oxygen atoms in total. The number of aryl methyl sites for hydroxylation is 2. The minimum absolute atomic E-state index is 0.513. The van der Waals surface area contributed by atoms with E-state index in [1.165, 1.54) is 0 Å². The molecule has 0 aliphatic carbocycles. The lowest BCUT2D eigenvalue weighted by molar-refractivity contribution is 0.00801. The van der Waals surface area contributed by atoms with Gasteiger partial charge in [0.1, 0.15) is 5.82 Å². The van der Waals surface area contributed by atoms with Crippen molar-refractivity contribution in [2.75, 3.05) is 18.0 Å². The predicted molar refractivity (Wildman–Crippen MR) is 59.0 cm³/mol. The molecule has 1 aromatic heterocycles. The van der Waals surface area contributed by atoms with Crippen LogP contribution in [0.5, 0.6) is 0 Å². The van der Waals surface area contributed by atoms with Crippen molar-refractivity contribution in [1.29, 1.82) is 0 Å². The molecule has 2 rings (SSSR count). The van der Waals surface area contributed by atoms with Gasteiger partial charge < -0.3 is 10.0 Å². The van der Waals surface area contributed by atoms with Crippen LogP contribution in [0.4, 0.5) is 5.82 Å². The highest BCUT2D eigenvalue weighted by atomic mass is 16.3. The second kappa shape index (κ2) is 3.45. The van der Waals surface area contributed by atoms with Gasteiger partial charge in [0.05, 0.1) is 36.3 Å². The fourth-order valence-electron chi connectivity index (χ4n) is 1.73. The van der Waals surface area contributed by atoms with E-state index in [1.54, 1.807) is 6.20 Å². The maximum Gasteiger partial charge on any atom is 0.147 e. The van der Waals surface area contributed by atoms with Crippen molar-refractivity contribution in [3.63, 3.8) is 0 Å². The maximum atomic E-state index is 9.88. The molecule has 0 amide bonds. The minimum atomic E-state index is -0.513. The summed E-state index contributed by atoms with van der Waals surface area (Å²) in [5.74, 6) is 0.872. The van der Waals surface area contributed by atoms with Crippen molar-refractivity contribution < 1.29 is 5.11 Å². The van der Waals surface area contributed by atoms with Crippen molar-refractivity contribution in [2.45, 2.75) is 32.8 Å². The molecular weight excluding hydrogens is 190 g/mol. The van der Waals surface area contributed by atoms with E-state index in [4.69, 9.17) is 0 Å². The molecule has 82 valence electrons. The summed E-state index contributed by atoms with van der Waals surface area (Å²) in [6.07, 6.45) is 2.57. The molecule has 0 radical (unpaired) electrons. The zero-order valence-corrected chi connectivity index (χ0v) is 9.49. The molecule has 0 spiro atoms. The summed E-state index contributed by atoms with van der Waals surface area (Å²) in [4.78, 5) is 10.8. The van der Waals surface area contributed by atoms with E-state index < -0.39 is 5.60 Å². The van der Waals surface area contributed by atoms with Crippen molar-refractivity contribution in [3.8, 4) is 0 Å². The molecule has 1 saturated heterocycles. The van der Waals surface area contributed by atoms with E-state index in [9.17, 15) is 5.11 Å². The Morgan fingerprint density at radius 1 is 1.40 bits per heavy atom. The summed E-state index contributed by atoms with van der Waals surface area (Å²) < 4.78 is 0. The Labute approximate surface area is 90.0 Å². The van der Waals surface area contributed by atoms with Crippen LogP contribution in [0.15, 0.2) is 6.20 Å². The van der Waals surface area contributed by atoms with Gasteiger partial charge in [-0.05, 0) is 20.3 Å². The smallest absolute Gasteiger partial charge is 0.147 e. The average molecular weight is 207 g/mol. The molecule has 1 N–H and O–H groups in total. The summed E-state index contributed by atoms with van der Waals surface area (Å²) in [5.41, 5.74) is 1.41. The van der Waals surface area contributed by atoms with Gasteiger partial charge >= 0.3 is 0 Å². The van der Waals surface area contributed by atoms with Crippen molar-refractivity contribution in [3.05, 3.63) is 17.6 Å². The molecule has 0 atom stereocenters. The normalized spacial score (nSPS) is 18.8. The Balaban J connectivity index is 2.10. The van der Waals surface area contributed by atoms with Gasteiger partial charge in [0.2, 0.25) is 0 Å². The van der Waals surface area contributed by atoms with Crippen LogP contribution in [0.3, 0.4) is 0 Å². The average Bonchev–Trinajstić information content (AvgIpc) is 2.18. The highest BCUT2D eigenvalue weighted by molar-refractivity contribution is 5.43. The van der Waals surface area contributed by atoms with E-state index >= 15 is 0 Å². The third kappa shape index (κ3) is 1.81. The van der Waals surface area contributed by atoms with Crippen LogP contribution >= 0.6 is 0 Å². The monoisotopic (exact) mass is 207 g/mol. The van der Waals surface area contributed by atoms with Crippen molar-refractivity contribution in [2.24, 2.45) is 0 Å². The third-order valence-corrected chi connectivity index (χ3v) is 3.13. The van der Waals surface area contributed by atoms with Crippen molar-refractivity contribution in [1.82, 2.24) is 9.97 Å². The Kier molecular flexibility index (Phi) is 2.38. The van der Waals surface area contributed by atoms with Gasteiger partial charge in [0.25, 0.3) is 0 Å². The number of anilines is 1. The SMILES string of the molecule is CCC1(O)CN(c2cnc(C)c(C)n2)C1. The standard InChI is InChI=1S/C11H17N3O/c1-4-11(15)6-14(7-11)10-5-12-8(2)9(3)13-10/h5,15H,4,6-7H2,1-3H3. The van der Waals surface area contributed by atoms with Gasteiger partial charge in [-0.1, -0.05) is 6.92 Å². The van der Waals surface area contributed by atoms with Gasteiger partial charge in [-0.15, -0.1) is 0 Å². The lowest BCUT2D eigenvalue weighted by Crippen LogP contribution is -2.61. The van der Waals surface area contributed by atoms with Gasteiger partial charge in [0.15, 0.2) is 0 Å². The first-order valence-electron chi connectivity index (χ1n) is 5.32. The first kappa shape index (κ1) is 10.4. The molecule has 2 heterocycles. The molecule has 4 heteroatoms. The molecular formula is C11H17N3O. The van der Waals surface area contributed by atoms with E-state index in [0.717, 1.165) is 23.6 Å². The Morgan fingerprint density at radius 2 is 2.07 bits per heavy atom. The van der Waals surface area contributed by atoms with Gasteiger partial charge in [-0.25, -0.2) is 4.98 Å². The van der Waals surface area contributed by atoms with E-state index in [0.29, 0.717) is 13.1 Å². The highest BCUT2D eigenvalue weighted by Gasteiger charge is 2.40. The van der Waals surface area contributed by atoms with Gasteiger partial charge in [0, 0.05) is 0 Å². The molecule has 1 fully saturated rings. The summed E-state index contributed by atoms with van der Waals surface area (Å²) in [7, 11) is 0. The summed E-state index contributed by atoms with van der Waals surface area (Å²) in [5, 5.41) is 9.88. The van der Waals surface area contributed by atoms with Crippen molar-refractivity contribution >= 4 is 5.82 Å². The third-order valence-electron chi connectivity index (χ3n) is 3.13. The van der Waals surface area contributed by atoms with Gasteiger partial charge in [-0.2, -0.15) is 0 Å². The Hall–Kier alpha value is -1.16. The van der Waals surface area contributed by atoms with Crippen LogP contribution in [-0.2, 0) is 0 Å². The van der Waals surface area contributed by atoms with Crippen LogP contribution < -0.4 is 4.90 Å². The number of aliphatic hydroxyl groups is 1. The zero-order valence-electron chi connectivity index (χ0n) is 9.49. The zero-order chi connectivity index (χ0) is 11.1. The first-order valence-corrected chi connectivity index (χ1v) is 5.32. The van der Waals surface area contributed by atoms with Gasteiger partial charge in [-0.3, -0.25) is 4.98 Å². The summed E-state index contributed by atoms with van der Waals surface area (Å²) >= 11 is 0. The largest absolute Gasteiger partial charge is 0.386 e. The maximum absolute atomic E-state index is 9.88. The van der Waals surface area contributed by atoms with E-state index in [-0.39, 0.29) is 0 Å². The lowest BCUT2D eigenvalue weighted by Gasteiger charge is -2.46. The summed E-state index contributed by atoms with van der Waals surface area (Å²) in [6, 6.07) is 0. The molecule has 1 aliphatic heterocycles. The number of aromatic nitrogens is 2. The number of β-amino-alcohol motifs (C(OH)–C–C–N with tert-alkyl or cyclic N) is 1. The Bertz CT molecular complexity index is 372. The van der Waals surface area contributed by atoms with Crippen LogP contribution in [0.2, 0.25) is 0 Å². The minimum Gasteiger partial charge on any atom is -0.386 e. The van der Waals surface area contributed by atoms with Crippen LogP contribution in [0, 0.1) is 13.8 Å². The number of nitrogens with zero attached hydrogens (tertiary/aromatic N) is 3. The molecule has 0 bridgehead atoms. The molecule has 15 heavy (non-hydrogen) atoms. The molecule has 0 aromatic carbocycles.